The molecule has 0 spiro atoms. The van der Waals surface area contributed by atoms with Gasteiger partial charge in [-0.15, -0.1) is 0 Å². The van der Waals surface area contributed by atoms with Gasteiger partial charge in [0.1, 0.15) is 0 Å². The van der Waals surface area contributed by atoms with Crippen LogP contribution in [0, 0.1) is 5.92 Å². The van der Waals surface area contributed by atoms with Crippen molar-refractivity contribution in [2.24, 2.45) is 5.92 Å². The SMILES string of the molecule is C[C@@H](OC(=O)c1ccc(CS(C)(=O)=O)cc1)C(=O)N[C@H]1CCCC[C@@H]1C. The summed E-state index contributed by atoms with van der Waals surface area (Å²) in [6.45, 7) is 3.68. The highest BCUT2D eigenvalue weighted by atomic mass is 32.2. The molecule has 26 heavy (non-hydrogen) atoms. The second-order valence-corrected chi connectivity index (χ2v) is 9.33. The van der Waals surface area contributed by atoms with Crippen LogP contribution < -0.4 is 5.32 Å². The average molecular weight is 381 g/mol. The molecule has 0 saturated heterocycles. The molecule has 0 bridgehead atoms. The van der Waals surface area contributed by atoms with Crippen molar-refractivity contribution in [3.05, 3.63) is 35.4 Å². The van der Waals surface area contributed by atoms with Gasteiger partial charge in [-0.3, -0.25) is 4.79 Å². The number of benzene rings is 1. The molecule has 2 rings (SSSR count). The number of rotatable bonds is 6. The van der Waals surface area contributed by atoms with Crippen molar-refractivity contribution in [1.82, 2.24) is 5.32 Å². The van der Waals surface area contributed by atoms with E-state index in [-0.39, 0.29) is 23.3 Å². The molecule has 7 heteroatoms. The predicted molar refractivity (Wildman–Crippen MR) is 99.4 cm³/mol. The molecule has 1 aliphatic rings. The third kappa shape index (κ3) is 6.12. The normalized spacial score (nSPS) is 21.7. The maximum absolute atomic E-state index is 12.3. The maximum Gasteiger partial charge on any atom is 0.338 e. The lowest BCUT2D eigenvalue weighted by atomic mass is 9.86. The zero-order valence-electron chi connectivity index (χ0n) is 15.5. The van der Waals surface area contributed by atoms with E-state index in [1.807, 2.05) is 0 Å². The van der Waals surface area contributed by atoms with Crippen molar-refractivity contribution >= 4 is 21.7 Å². The van der Waals surface area contributed by atoms with Gasteiger partial charge < -0.3 is 10.1 Å². The molecule has 0 aliphatic heterocycles. The van der Waals surface area contributed by atoms with Gasteiger partial charge in [-0.05, 0) is 43.4 Å². The summed E-state index contributed by atoms with van der Waals surface area (Å²) in [5.41, 5.74) is 0.883. The Kier molecular flexibility index (Phi) is 6.81. The van der Waals surface area contributed by atoms with Gasteiger partial charge in [-0.2, -0.15) is 0 Å². The predicted octanol–water partition coefficient (Wildman–Crippen LogP) is 2.47. The molecule has 144 valence electrons. The zero-order chi connectivity index (χ0) is 19.3. The fourth-order valence-electron chi connectivity index (χ4n) is 3.15. The van der Waals surface area contributed by atoms with E-state index in [0.717, 1.165) is 25.5 Å². The van der Waals surface area contributed by atoms with Crippen LogP contribution in [-0.4, -0.2) is 38.7 Å². The van der Waals surface area contributed by atoms with Crippen LogP contribution in [-0.2, 0) is 25.1 Å². The fourth-order valence-corrected chi connectivity index (χ4v) is 3.95. The van der Waals surface area contributed by atoms with Gasteiger partial charge >= 0.3 is 5.97 Å². The van der Waals surface area contributed by atoms with E-state index in [2.05, 4.69) is 12.2 Å². The molecular formula is C19H27NO5S. The van der Waals surface area contributed by atoms with Crippen LogP contribution in [0.25, 0.3) is 0 Å². The summed E-state index contributed by atoms with van der Waals surface area (Å²) in [6.07, 6.45) is 4.61. The highest BCUT2D eigenvalue weighted by Gasteiger charge is 2.26. The Labute approximate surface area is 155 Å². The molecule has 6 nitrogen and oxygen atoms in total. The number of carbonyl (C=O) groups excluding carboxylic acids is 2. The number of nitrogens with one attached hydrogen (secondary N) is 1. The monoisotopic (exact) mass is 381 g/mol. The van der Waals surface area contributed by atoms with Crippen LogP contribution in [0.15, 0.2) is 24.3 Å². The lowest BCUT2D eigenvalue weighted by Crippen LogP contribution is -2.45. The molecule has 0 unspecified atom stereocenters. The first kappa shape index (κ1) is 20.4. The third-order valence-corrected chi connectivity index (χ3v) is 5.57. The van der Waals surface area contributed by atoms with Gasteiger partial charge in [0.25, 0.3) is 5.91 Å². The first-order valence-corrected chi connectivity index (χ1v) is 11.0. The maximum atomic E-state index is 12.3. The van der Waals surface area contributed by atoms with E-state index in [9.17, 15) is 18.0 Å². The van der Waals surface area contributed by atoms with Crippen LogP contribution in [0.4, 0.5) is 0 Å². The van der Waals surface area contributed by atoms with Crippen LogP contribution in [0.2, 0.25) is 0 Å². The lowest BCUT2D eigenvalue weighted by molar-refractivity contribution is -0.130. The Bertz CT molecular complexity index is 742. The molecule has 1 N–H and O–H groups in total. The number of hydrogen-bond acceptors (Lipinski definition) is 5. The minimum absolute atomic E-state index is 0.0826. The molecule has 1 saturated carbocycles. The fraction of sp³-hybridized carbons (Fsp3) is 0.579. The molecule has 1 fully saturated rings. The van der Waals surface area contributed by atoms with Crippen molar-refractivity contribution in [2.45, 2.75) is 57.4 Å². The Morgan fingerprint density at radius 1 is 1.19 bits per heavy atom. The molecule has 0 aromatic heterocycles. The number of esters is 1. The Morgan fingerprint density at radius 2 is 1.81 bits per heavy atom. The van der Waals surface area contributed by atoms with Crippen molar-refractivity contribution < 1.29 is 22.7 Å². The smallest absolute Gasteiger partial charge is 0.338 e. The highest BCUT2D eigenvalue weighted by molar-refractivity contribution is 7.89. The summed E-state index contributed by atoms with van der Waals surface area (Å²) in [6, 6.07) is 6.30. The molecule has 3 atom stereocenters. The third-order valence-electron chi connectivity index (χ3n) is 4.71. The molecule has 1 amide bonds. The molecule has 1 aromatic rings. The molecular weight excluding hydrogens is 354 g/mol. The number of sulfone groups is 1. The highest BCUT2D eigenvalue weighted by Crippen LogP contribution is 2.23. The Balaban J connectivity index is 1.90. The zero-order valence-corrected chi connectivity index (χ0v) is 16.3. The van der Waals surface area contributed by atoms with E-state index in [1.54, 1.807) is 19.1 Å². The summed E-state index contributed by atoms with van der Waals surface area (Å²) >= 11 is 0. The van der Waals surface area contributed by atoms with Gasteiger partial charge in [0, 0.05) is 12.3 Å². The van der Waals surface area contributed by atoms with E-state index >= 15 is 0 Å². The van der Waals surface area contributed by atoms with Gasteiger partial charge in [0.2, 0.25) is 0 Å². The first-order valence-electron chi connectivity index (χ1n) is 8.94. The summed E-state index contributed by atoms with van der Waals surface area (Å²) < 4.78 is 27.8. The van der Waals surface area contributed by atoms with Crippen LogP contribution >= 0.6 is 0 Å². The van der Waals surface area contributed by atoms with Gasteiger partial charge in [-0.25, -0.2) is 13.2 Å². The molecule has 0 radical (unpaired) electrons. The van der Waals surface area contributed by atoms with Gasteiger partial charge in [-0.1, -0.05) is 31.9 Å². The largest absolute Gasteiger partial charge is 0.449 e. The quantitative estimate of drug-likeness (QED) is 0.765. The summed E-state index contributed by atoms with van der Waals surface area (Å²) in [5.74, 6) is -0.542. The Hall–Kier alpha value is -1.89. The van der Waals surface area contributed by atoms with Gasteiger partial charge in [0.15, 0.2) is 15.9 Å². The van der Waals surface area contributed by atoms with Crippen molar-refractivity contribution in [1.29, 1.82) is 0 Å². The first-order chi connectivity index (χ1) is 12.2. The summed E-state index contributed by atoms with van der Waals surface area (Å²) in [5, 5.41) is 2.98. The van der Waals surface area contributed by atoms with E-state index in [0.29, 0.717) is 11.5 Å². The summed E-state index contributed by atoms with van der Waals surface area (Å²) in [7, 11) is -3.13. The minimum Gasteiger partial charge on any atom is -0.449 e. The Morgan fingerprint density at radius 3 is 2.38 bits per heavy atom. The number of carbonyl (C=O) groups is 2. The van der Waals surface area contributed by atoms with Crippen LogP contribution in [0.3, 0.4) is 0 Å². The van der Waals surface area contributed by atoms with Crippen LogP contribution in [0.5, 0.6) is 0 Å². The number of hydrogen-bond donors (Lipinski definition) is 1. The van der Waals surface area contributed by atoms with E-state index in [1.165, 1.54) is 18.6 Å². The number of ether oxygens (including phenoxy) is 1. The second kappa shape index (κ2) is 8.66. The lowest BCUT2D eigenvalue weighted by Gasteiger charge is -2.30. The van der Waals surface area contributed by atoms with Crippen molar-refractivity contribution in [3.8, 4) is 0 Å². The standard InChI is InChI=1S/C19H27NO5S/c1-13-6-4-5-7-17(13)20-18(21)14(2)25-19(22)16-10-8-15(9-11-16)12-26(3,23)24/h8-11,13-14,17H,4-7,12H2,1-3H3,(H,20,21)/t13-,14+,17-/m0/s1. The van der Waals surface area contributed by atoms with E-state index < -0.39 is 21.9 Å². The second-order valence-electron chi connectivity index (χ2n) is 7.19. The molecule has 1 aromatic carbocycles. The van der Waals surface area contributed by atoms with Crippen molar-refractivity contribution in [3.63, 3.8) is 0 Å². The van der Waals surface area contributed by atoms with E-state index in [4.69, 9.17) is 4.74 Å². The average Bonchev–Trinajstić information content (AvgIpc) is 2.56. The van der Waals surface area contributed by atoms with Crippen molar-refractivity contribution in [2.75, 3.05) is 6.26 Å². The number of amides is 1. The molecule has 1 aliphatic carbocycles. The van der Waals surface area contributed by atoms with Crippen LogP contribution in [0.1, 0.15) is 55.5 Å². The summed E-state index contributed by atoms with van der Waals surface area (Å²) in [4.78, 5) is 24.5. The minimum atomic E-state index is -3.13. The topological polar surface area (TPSA) is 89.5 Å². The van der Waals surface area contributed by atoms with Gasteiger partial charge in [0.05, 0.1) is 11.3 Å². The molecule has 0 heterocycles.